The van der Waals surface area contributed by atoms with Crippen LogP contribution in [-0.2, 0) is 16.5 Å². The molecule has 3 nitrogen and oxygen atoms in total. The second kappa shape index (κ2) is 11.3. The van der Waals surface area contributed by atoms with E-state index in [9.17, 15) is 13.0 Å². The van der Waals surface area contributed by atoms with Gasteiger partial charge in [0.15, 0.2) is 0 Å². The van der Waals surface area contributed by atoms with Crippen LogP contribution in [0.25, 0.3) is 10.8 Å². The minimum absolute atomic E-state index is 0. The van der Waals surface area contributed by atoms with Gasteiger partial charge < -0.3 is 4.55 Å². The Hall–Kier alpha value is -0.390. The van der Waals surface area contributed by atoms with Crippen molar-refractivity contribution in [3.8, 4) is 0 Å². The second-order valence-electron chi connectivity index (χ2n) is 6.45. The van der Waals surface area contributed by atoms with Crippen molar-refractivity contribution < 1.29 is 42.5 Å². The van der Waals surface area contributed by atoms with Gasteiger partial charge in [-0.3, -0.25) is 0 Å². The molecule has 2 rings (SSSR count). The molecule has 0 saturated carbocycles. The molecule has 0 aliphatic carbocycles. The van der Waals surface area contributed by atoms with Gasteiger partial charge in [-0.25, -0.2) is 8.42 Å². The van der Waals surface area contributed by atoms with Crippen molar-refractivity contribution in [1.82, 2.24) is 0 Å². The van der Waals surface area contributed by atoms with Crippen molar-refractivity contribution in [3.63, 3.8) is 0 Å². The molecule has 0 fully saturated rings. The summed E-state index contributed by atoms with van der Waals surface area (Å²) in [4.78, 5) is -0.0245. The topological polar surface area (TPSA) is 57.2 Å². The molecule has 2 aromatic carbocycles. The molecule has 0 saturated heterocycles. The molecular weight excluding hydrogens is 343 g/mol. The van der Waals surface area contributed by atoms with E-state index in [1.54, 1.807) is 18.2 Å². The minimum Gasteiger partial charge on any atom is -0.744 e. The molecular formula is C20H27NaO3S. The summed E-state index contributed by atoms with van der Waals surface area (Å²) in [6.07, 6.45) is 10.2. The Kier molecular flexibility index (Phi) is 10.3. The van der Waals surface area contributed by atoms with Crippen LogP contribution < -0.4 is 29.6 Å². The molecule has 132 valence electrons. The summed E-state index contributed by atoms with van der Waals surface area (Å²) in [6, 6.07) is 10.9. The molecule has 2 aromatic rings. The van der Waals surface area contributed by atoms with Crippen molar-refractivity contribution in [2.75, 3.05) is 0 Å². The van der Waals surface area contributed by atoms with Gasteiger partial charge in [-0.2, -0.15) is 0 Å². The van der Waals surface area contributed by atoms with Gasteiger partial charge in [0.05, 0.1) is 4.90 Å². The van der Waals surface area contributed by atoms with Gasteiger partial charge in [-0.05, 0) is 29.2 Å². The molecule has 25 heavy (non-hydrogen) atoms. The Morgan fingerprint density at radius 2 is 1.44 bits per heavy atom. The molecule has 0 atom stereocenters. The fourth-order valence-corrected chi connectivity index (χ4v) is 4.18. The largest absolute Gasteiger partial charge is 1.00 e. The average Bonchev–Trinajstić information content (AvgIpc) is 2.55. The third-order valence-electron chi connectivity index (χ3n) is 4.51. The summed E-state index contributed by atoms with van der Waals surface area (Å²) in [5.74, 6) is 0. The predicted octanol–water partition coefficient (Wildman–Crippen LogP) is 2.43. The van der Waals surface area contributed by atoms with E-state index in [4.69, 9.17) is 0 Å². The number of rotatable bonds is 10. The van der Waals surface area contributed by atoms with E-state index in [1.165, 1.54) is 38.5 Å². The van der Waals surface area contributed by atoms with Crippen molar-refractivity contribution in [1.29, 1.82) is 0 Å². The van der Waals surface area contributed by atoms with Crippen LogP contribution in [0.5, 0.6) is 0 Å². The summed E-state index contributed by atoms with van der Waals surface area (Å²) in [5.41, 5.74) is 0.662. The maximum atomic E-state index is 11.7. The third-order valence-corrected chi connectivity index (χ3v) is 5.49. The molecule has 5 heteroatoms. The average molecular weight is 370 g/mol. The Bertz CT molecular complexity index is 757. The van der Waals surface area contributed by atoms with E-state index in [0.29, 0.717) is 17.4 Å². The number of hydrogen-bond acceptors (Lipinski definition) is 3. The van der Waals surface area contributed by atoms with Crippen LogP contribution in [0.3, 0.4) is 0 Å². The van der Waals surface area contributed by atoms with Gasteiger partial charge in [0.1, 0.15) is 10.1 Å². The van der Waals surface area contributed by atoms with Crippen molar-refractivity contribution in [3.05, 3.63) is 42.0 Å². The molecule has 0 bridgehead atoms. The first kappa shape index (κ1) is 22.7. The standard InChI is InChI=1S/C20H28O3S.Na/c1-2-3-4-5-6-7-8-9-13-18-16-15-17-12-10-11-14-19(17)20(18)24(21,22)23;/h10-12,14-16H,2-9,13H2,1H3,(H,21,22,23);/q;+1/p-1. The van der Waals surface area contributed by atoms with E-state index in [2.05, 4.69) is 6.92 Å². The number of hydrogen-bond donors (Lipinski definition) is 0. The van der Waals surface area contributed by atoms with E-state index >= 15 is 0 Å². The van der Waals surface area contributed by atoms with Crippen LogP contribution in [0.4, 0.5) is 0 Å². The molecule has 0 spiro atoms. The van der Waals surface area contributed by atoms with Gasteiger partial charge in [-0.1, -0.05) is 88.3 Å². The Labute approximate surface area is 174 Å². The molecule has 0 heterocycles. The minimum atomic E-state index is -4.47. The normalized spacial score (nSPS) is 11.4. The zero-order valence-corrected chi connectivity index (χ0v) is 18.3. The first-order valence-electron chi connectivity index (χ1n) is 9.00. The Balaban J connectivity index is 0.00000312. The fourth-order valence-electron chi connectivity index (χ4n) is 3.23. The smallest absolute Gasteiger partial charge is 0.744 e. The molecule has 0 aliphatic heterocycles. The SMILES string of the molecule is CCCCCCCCCCc1ccc2ccccc2c1S(=O)(=O)[O-].[Na+]. The number of aryl methyl sites for hydroxylation is 1. The summed E-state index contributed by atoms with van der Waals surface area (Å²) >= 11 is 0. The zero-order chi connectivity index (χ0) is 17.4. The first-order chi connectivity index (χ1) is 11.5. The molecule has 0 aliphatic rings. The Morgan fingerprint density at radius 3 is 2.08 bits per heavy atom. The molecule has 0 aromatic heterocycles. The van der Waals surface area contributed by atoms with Crippen LogP contribution in [0.1, 0.15) is 63.9 Å². The summed E-state index contributed by atoms with van der Waals surface area (Å²) in [5, 5.41) is 1.34. The van der Waals surface area contributed by atoms with Crippen LogP contribution in [-0.4, -0.2) is 13.0 Å². The van der Waals surface area contributed by atoms with Gasteiger partial charge in [0.25, 0.3) is 0 Å². The van der Waals surface area contributed by atoms with Crippen LogP contribution in [0.15, 0.2) is 41.3 Å². The van der Waals surface area contributed by atoms with Crippen molar-refractivity contribution >= 4 is 20.9 Å². The van der Waals surface area contributed by atoms with Crippen LogP contribution >= 0.6 is 0 Å². The predicted molar refractivity (Wildman–Crippen MR) is 98.2 cm³/mol. The van der Waals surface area contributed by atoms with Gasteiger partial charge >= 0.3 is 29.6 Å². The number of unbranched alkanes of at least 4 members (excludes halogenated alkanes) is 7. The van der Waals surface area contributed by atoms with Gasteiger partial charge in [0, 0.05) is 0 Å². The molecule has 0 radical (unpaired) electrons. The van der Waals surface area contributed by atoms with E-state index < -0.39 is 10.1 Å². The summed E-state index contributed by atoms with van der Waals surface area (Å²) in [6.45, 7) is 2.21. The summed E-state index contributed by atoms with van der Waals surface area (Å²) in [7, 11) is -4.47. The quantitative estimate of drug-likeness (QED) is 0.367. The molecule has 0 unspecified atom stereocenters. The van der Waals surface area contributed by atoms with Crippen molar-refractivity contribution in [2.45, 2.75) is 69.6 Å². The summed E-state index contributed by atoms with van der Waals surface area (Å²) < 4.78 is 35.2. The van der Waals surface area contributed by atoms with Crippen molar-refractivity contribution in [2.24, 2.45) is 0 Å². The number of fused-ring (bicyclic) bond motifs is 1. The molecule has 0 amide bonds. The third kappa shape index (κ3) is 7.03. The van der Waals surface area contributed by atoms with E-state index in [1.807, 2.05) is 18.2 Å². The number of benzene rings is 2. The maximum Gasteiger partial charge on any atom is 1.00 e. The first-order valence-corrected chi connectivity index (χ1v) is 10.4. The second-order valence-corrected chi connectivity index (χ2v) is 7.77. The monoisotopic (exact) mass is 370 g/mol. The van der Waals surface area contributed by atoms with E-state index in [-0.39, 0.29) is 34.5 Å². The van der Waals surface area contributed by atoms with Gasteiger partial charge in [0.2, 0.25) is 0 Å². The maximum absolute atomic E-state index is 11.7. The molecule has 0 N–H and O–H groups in total. The van der Waals surface area contributed by atoms with Gasteiger partial charge in [-0.15, -0.1) is 0 Å². The van der Waals surface area contributed by atoms with Crippen LogP contribution in [0.2, 0.25) is 0 Å². The Morgan fingerprint density at radius 1 is 0.840 bits per heavy atom. The van der Waals surface area contributed by atoms with E-state index in [0.717, 1.165) is 18.2 Å². The van der Waals surface area contributed by atoms with Crippen LogP contribution in [0, 0.1) is 0 Å². The fraction of sp³-hybridized carbons (Fsp3) is 0.500. The zero-order valence-electron chi connectivity index (χ0n) is 15.5.